The van der Waals surface area contributed by atoms with Gasteiger partial charge in [0.25, 0.3) is 7.73 Å². The zero-order valence-corrected chi connectivity index (χ0v) is 51.0. The van der Waals surface area contributed by atoms with Crippen molar-refractivity contribution >= 4 is 99.3 Å². The van der Waals surface area contributed by atoms with Crippen LogP contribution in [0.3, 0.4) is 0 Å². The van der Waals surface area contributed by atoms with Crippen molar-refractivity contribution in [2.45, 2.75) is 225 Å². The van der Waals surface area contributed by atoms with E-state index in [4.69, 9.17) is 60.8 Å². The molecule has 4 heterocycles. The maximum atomic E-state index is 8.81. The van der Waals surface area contributed by atoms with Crippen molar-refractivity contribution in [1.29, 1.82) is 0 Å². The predicted molar refractivity (Wildman–Crippen MR) is 285 cm³/mol. The van der Waals surface area contributed by atoms with E-state index in [0.29, 0.717) is 0 Å². The lowest BCUT2D eigenvalue weighted by molar-refractivity contribution is -0.0106. The molecule has 384 valence electrons. The van der Waals surface area contributed by atoms with Crippen LogP contribution in [0, 0.1) is 0 Å². The van der Waals surface area contributed by atoms with Crippen molar-refractivity contribution in [3.63, 3.8) is 0 Å². The quantitative estimate of drug-likeness (QED) is 0.158. The monoisotopic (exact) mass is 1130 g/mol. The average Bonchev–Trinajstić information content (AvgIpc) is 4.20. The summed E-state index contributed by atoms with van der Waals surface area (Å²) in [6.45, 7) is 2.37. The molecule has 0 amide bonds. The topological polar surface area (TPSA) is 111 Å². The van der Waals surface area contributed by atoms with Crippen LogP contribution >= 0.6 is 19.0 Å². The van der Waals surface area contributed by atoms with E-state index in [1.165, 1.54) is 10.4 Å². The summed E-state index contributed by atoms with van der Waals surface area (Å²) in [7, 11) is -34.1. The van der Waals surface area contributed by atoms with Gasteiger partial charge in [-0.05, 0) is 118 Å². The Kier molecular flexibility index (Phi) is 14.1. The Labute approximate surface area is 431 Å². The maximum absolute atomic E-state index is 8.81. The predicted octanol–water partition coefficient (Wildman–Crippen LogP) is 13.3. The highest BCUT2D eigenvalue weighted by Gasteiger charge is 2.85. The van der Waals surface area contributed by atoms with Crippen LogP contribution in [0.5, 0.6) is 0 Å². The van der Waals surface area contributed by atoms with Gasteiger partial charge in [-0.2, -0.15) is 0 Å². The van der Waals surface area contributed by atoms with Gasteiger partial charge in [-0.1, -0.05) is 151 Å². The summed E-state index contributed by atoms with van der Waals surface area (Å²) in [6.07, 6.45) is 27.8. The van der Waals surface area contributed by atoms with Crippen LogP contribution in [0.15, 0.2) is 60.7 Å². The summed E-state index contributed by atoms with van der Waals surface area (Å²) in [5, 5.41) is 2.35. The van der Waals surface area contributed by atoms with Crippen molar-refractivity contribution in [2.24, 2.45) is 0 Å². The van der Waals surface area contributed by atoms with Crippen LogP contribution in [0.2, 0.25) is 45.3 Å². The molecule has 6 bridgehead atoms. The number of hydrogen-bond acceptors (Lipinski definition) is 12. The van der Waals surface area contributed by atoms with Gasteiger partial charge in [-0.25, -0.2) is 0 Å². The van der Waals surface area contributed by atoms with Crippen molar-refractivity contribution in [3.8, 4) is 0 Å². The molecule has 0 radical (unpaired) electrons. The molecule has 70 heavy (non-hydrogen) atoms. The first-order valence-corrected chi connectivity index (χ1v) is 45.2. The molecule has 2 aromatic carbocycles. The molecule has 0 aromatic heterocycles. The van der Waals surface area contributed by atoms with Gasteiger partial charge in [0.05, 0.1) is 0 Å². The molecule has 4 atom stereocenters. The fraction of sp³-hybridized carbons (Fsp3) is 0.750. The molecule has 7 aliphatic carbocycles. The van der Waals surface area contributed by atoms with Gasteiger partial charge < -0.3 is 49.6 Å². The molecule has 4 unspecified atom stereocenters. The summed E-state index contributed by atoms with van der Waals surface area (Å²) in [5.41, 5.74) is -0.219. The van der Waals surface area contributed by atoms with E-state index in [1.807, 2.05) is 0 Å². The molecule has 11 aliphatic rings. The van der Waals surface area contributed by atoms with Gasteiger partial charge in [0.15, 0.2) is 0 Å². The first-order valence-electron chi connectivity index (χ1n) is 28.1. The largest absolute Gasteiger partial charge is 0.495 e. The Balaban J connectivity index is 1.13. The smallest absolute Gasteiger partial charge is 0.408 e. The number of fused-ring (bicyclic) bond motifs is 4. The van der Waals surface area contributed by atoms with Crippen molar-refractivity contribution in [3.05, 3.63) is 60.7 Å². The van der Waals surface area contributed by atoms with Gasteiger partial charge in [-0.3, -0.25) is 0 Å². The Morgan fingerprint density at radius 2 is 0.614 bits per heavy atom. The molecule has 4 aliphatic heterocycles. The molecule has 4 saturated heterocycles. The first kappa shape index (κ1) is 50.0. The van der Waals surface area contributed by atoms with Gasteiger partial charge in [0.2, 0.25) is 8.32 Å². The molecular weight excluding hydrogens is 1060 g/mol. The number of hydrogen-bond donors (Lipinski definition) is 0. The Morgan fingerprint density at radius 3 is 0.914 bits per heavy atom. The molecule has 22 heteroatoms. The number of benzene rings is 2. The molecule has 2 aromatic rings. The van der Waals surface area contributed by atoms with Crippen LogP contribution in [0.25, 0.3) is 0 Å². The third kappa shape index (κ3) is 8.67. The van der Waals surface area contributed by atoms with E-state index < -0.39 is 77.7 Å². The maximum Gasteiger partial charge on any atom is 0.495 e. The highest BCUT2D eigenvalue weighted by atomic mass is 35.7. The Bertz CT molecular complexity index is 2040. The van der Waals surface area contributed by atoms with Crippen LogP contribution in [-0.2, 0) is 49.6 Å². The Hall–Kier alpha value is 0.415. The van der Waals surface area contributed by atoms with E-state index in [1.54, 1.807) is 0 Å². The highest BCUT2D eigenvalue weighted by Crippen LogP contribution is 2.68. The Morgan fingerprint density at radius 1 is 0.371 bits per heavy atom. The summed E-state index contributed by atoms with van der Waals surface area (Å²) >= 11 is 7.81. The van der Waals surface area contributed by atoms with Gasteiger partial charge in [-0.15, -0.1) is 0 Å². The summed E-state index contributed by atoms with van der Waals surface area (Å²) in [4.78, 5) is 0. The zero-order valence-electron chi connectivity index (χ0n) is 41.3. The molecule has 11 fully saturated rings. The van der Waals surface area contributed by atoms with Crippen LogP contribution in [0.1, 0.15) is 180 Å². The standard InChI is InChI=1S/C48H76ClO12PSi8/c1-63(40-22-4-2-5-23-40,41-24-6-3-7-25-41)52-66(44-30-12-13-31-44)57-68(46-34-16-17-35-46)55-64(42-26-8-9-27-42)50-62(49)51-65(43-28-10-11-29-43)54-67(53-64,45-32-14-15-33-45)59-70(60-68,48-38-20-21-39-48)61-69(56-65,58-66)47-36-18-19-37-47/h2-7,22-25,42-48H,8-21,26-39H2,1H3. The molecule has 0 spiro atoms. The fourth-order valence-corrected chi connectivity index (χ4v) is 71.3. The highest BCUT2D eigenvalue weighted by molar-refractivity contribution is 7.78. The number of halogens is 1. The van der Waals surface area contributed by atoms with Crippen LogP contribution in [-0.4, -0.2) is 69.9 Å². The van der Waals surface area contributed by atoms with E-state index >= 15 is 0 Å². The molecule has 13 rings (SSSR count). The van der Waals surface area contributed by atoms with Crippen molar-refractivity contribution in [2.75, 3.05) is 0 Å². The minimum Gasteiger partial charge on any atom is -0.408 e. The van der Waals surface area contributed by atoms with Gasteiger partial charge in [0.1, 0.15) is 0 Å². The second-order valence-electron chi connectivity index (χ2n) is 23.3. The summed E-state index contributed by atoms with van der Waals surface area (Å²) < 4.78 is 101. The molecular formula is C48H76ClO12PSi8. The van der Waals surface area contributed by atoms with Crippen molar-refractivity contribution < 1.29 is 49.6 Å². The van der Waals surface area contributed by atoms with Crippen molar-refractivity contribution in [1.82, 2.24) is 0 Å². The van der Waals surface area contributed by atoms with Gasteiger partial charge >= 0.3 is 61.6 Å². The zero-order chi connectivity index (χ0) is 47.1. The molecule has 12 nitrogen and oxygen atoms in total. The van der Waals surface area contributed by atoms with E-state index in [-0.39, 0.29) is 38.8 Å². The lowest BCUT2D eigenvalue weighted by Gasteiger charge is -2.63. The van der Waals surface area contributed by atoms with Crippen LogP contribution in [0.4, 0.5) is 0 Å². The van der Waals surface area contributed by atoms with Gasteiger partial charge in [0, 0.05) is 38.8 Å². The lowest BCUT2D eigenvalue weighted by Crippen LogP contribution is -2.86. The molecule has 0 N–H and O–H groups in total. The second-order valence-corrected chi connectivity index (χ2v) is 51.5. The SMILES string of the molecule is C[Si](O[Si]1(C2CCCC2)O[Si]2(C3CCCC3)O[Si]3(C4CCCC4)OP(Cl)O[Si]4(C5CCCC5)O[Si](C5CCCC5)(O3)O[Si](C3CCCC3)(O2)O[Si](C2CCCC2)(O4)O1)(c1ccccc1)c1ccccc1. The normalized spacial score (nSPS) is 42.1. The fourth-order valence-electron chi connectivity index (χ4n) is 15.2. The third-order valence-electron chi connectivity index (χ3n) is 18.9. The second kappa shape index (κ2) is 19.7. The summed E-state index contributed by atoms with van der Waals surface area (Å²) in [6, 6.07) is 21.9. The minimum absolute atomic E-state index is 0.000000302. The van der Waals surface area contributed by atoms with E-state index in [0.717, 1.165) is 180 Å². The summed E-state index contributed by atoms with van der Waals surface area (Å²) in [5.74, 6) is 0. The molecule has 7 saturated carbocycles. The van der Waals surface area contributed by atoms with Crippen LogP contribution < -0.4 is 10.4 Å². The van der Waals surface area contributed by atoms with E-state index in [9.17, 15) is 0 Å². The first-order chi connectivity index (χ1) is 34.1. The minimum atomic E-state index is -4.20. The third-order valence-corrected chi connectivity index (χ3v) is 60.5. The number of rotatable bonds is 11. The lowest BCUT2D eigenvalue weighted by atomic mass is 10.4. The van der Waals surface area contributed by atoms with E-state index in [2.05, 4.69) is 67.2 Å². The average molecular weight is 1140 g/mol.